The minimum atomic E-state index is -0.472. The molecule has 1 aromatic rings. The summed E-state index contributed by atoms with van der Waals surface area (Å²) in [5.74, 6) is -0.561. The molecule has 0 aromatic heterocycles. The molecule has 0 atom stereocenters. The van der Waals surface area contributed by atoms with E-state index in [-0.39, 0.29) is 11.6 Å². The Morgan fingerprint density at radius 3 is 2.38 bits per heavy atom. The number of carbonyl (C=O) groups is 1. The summed E-state index contributed by atoms with van der Waals surface area (Å²) in [6.07, 6.45) is 4.39. The predicted octanol–water partition coefficient (Wildman–Crippen LogP) is 3.25. The van der Waals surface area contributed by atoms with Crippen molar-refractivity contribution in [2.24, 2.45) is 0 Å². The van der Waals surface area contributed by atoms with E-state index in [2.05, 4.69) is 24.1 Å². The van der Waals surface area contributed by atoms with Crippen LogP contribution < -0.4 is 11.1 Å². The lowest BCUT2D eigenvalue weighted by Crippen LogP contribution is -2.34. The Kier molecular flexibility index (Phi) is 7.75. The minimum Gasteiger partial charge on any atom is -0.396 e. The molecule has 0 spiro atoms. The van der Waals surface area contributed by atoms with Crippen LogP contribution in [0.1, 0.15) is 39.5 Å². The fourth-order valence-corrected chi connectivity index (χ4v) is 2.06. The van der Waals surface area contributed by atoms with E-state index in [1.165, 1.54) is 18.2 Å². The molecule has 21 heavy (non-hydrogen) atoms. The molecular formula is C16H26FN3O. The van der Waals surface area contributed by atoms with Gasteiger partial charge in [0.05, 0.1) is 12.2 Å². The van der Waals surface area contributed by atoms with Crippen molar-refractivity contribution in [1.29, 1.82) is 0 Å². The van der Waals surface area contributed by atoms with Crippen LogP contribution in [-0.2, 0) is 4.79 Å². The van der Waals surface area contributed by atoms with E-state index in [1.807, 2.05) is 0 Å². The van der Waals surface area contributed by atoms with Gasteiger partial charge in [-0.05, 0) is 44.1 Å². The lowest BCUT2D eigenvalue weighted by atomic mass is 10.2. The van der Waals surface area contributed by atoms with Gasteiger partial charge in [-0.25, -0.2) is 4.39 Å². The smallest absolute Gasteiger partial charge is 0.238 e. The zero-order chi connectivity index (χ0) is 15.7. The first-order chi connectivity index (χ1) is 10.1. The average molecular weight is 295 g/mol. The lowest BCUT2D eigenvalue weighted by molar-refractivity contribution is -0.117. The van der Waals surface area contributed by atoms with Gasteiger partial charge < -0.3 is 11.1 Å². The second-order valence-corrected chi connectivity index (χ2v) is 5.27. The summed E-state index contributed by atoms with van der Waals surface area (Å²) in [4.78, 5) is 14.2. The maximum absolute atomic E-state index is 13.1. The summed E-state index contributed by atoms with van der Waals surface area (Å²) in [5, 5.41) is 2.77. The molecule has 0 bridgehead atoms. The second-order valence-electron chi connectivity index (χ2n) is 5.27. The van der Waals surface area contributed by atoms with Gasteiger partial charge in [0.1, 0.15) is 5.82 Å². The number of amides is 1. The van der Waals surface area contributed by atoms with E-state index in [0.717, 1.165) is 38.8 Å². The van der Waals surface area contributed by atoms with E-state index in [0.29, 0.717) is 12.2 Å². The molecule has 1 amide bonds. The first-order valence-corrected chi connectivity index (χ1v) is 7.64. The molecule has 0 aliphatic heterocycles. The summed E-state index contributed by atoms with van der Waals surface area (Å²) in [6.45, 7) is 6.49. The number of nitrogens with one attached hydrogen (secondary N) is 1. The minimum absolute atomic E-state index is 0.0432. The van der Waals surface area contributed by atoms with Gasteiger partial charge >= 0.3 is 0 Å². The summed E-state index contributed by atoms with van der Waals surface area (Å²) >= 11 is 0. The van der Waals surface area contributed by atoms with Gasteiger partial charge in [0, 0.05) is 5.69 Å². The number of halogens is 1. The van der Waals surface area contributed by atoms with E-state index in [1.54, 1.807) is 0 Å². The standard InChI is InChI=1S/C16H26FN3O/c1-3-5-9-20(10-6-4-2)12-16(21)19-13-7-8-14(17)15(18)11-13/h7-8,11H,3-6,9-10,12,18H2,1-2H3,(H,19,21). The molecule has 3 N–H and O–H groups in total. The normalized spacial score (nSPS) is 10.9. The number of nitrogens with zero attached hydrogens (tertiary/aromatic N) is 1. The van der Waals surface area contributed by atoms with Crippen molar-refractivity contribution in [3.8, 4) is 0 Å². The number of hydrogen-bond donors (Lipinski definition) is 2. The van der Waals surface area contributed by atoms with Crippen molar-refractivity contribution in [2.45, 2.75) is 39.5 Å². The third kappa shape index (κ3) is 6.58. The highest BCUT2D eigenvalue weighted by Gasteiger charge is 2.10. The first kappa shape index (κ1) is 17.4. The van der Waals surface area contributed by atoms with E-state index < -0.39 is 5.82 Å². The molecule has 0 saturated heterocycles. The quantitative estimate of drug-likeness (QED) is 0.688. The molecular weight excluding hydrogens is 269 g/mol. The number of benzene rings is 1. The van der Waals surface area contributed by atoms with Crippen LogP contribution in [0.15, 0.2) is 18.2 Å². The van der Waals surface area contributed by atoms with Gasteiger partial charge in [0.25, 0.3) is 0 Å². The summed E-state index contributed by atoms with van der Waals surface area (Å²) in [5.41, 5.74) is 6.07. The zero-order valence-corrected chi connectivity index (χ0v) is 13.0. The Morgan fingerprint density at radius 2 is 1.86 bits per heavy atom. The van der Waals surface area contributed by atoms with Crippen molar-refractivity contribution in [1.82, 2.24) is 4.90 Å². The second kappa shape index (κ2) is 9.34. The van der Waals surface area contributed by atoms with Crippen molar-refractivity contribution in [3.05, 3.63) is 24.0 Å². The molecule has 1 rings (SSSR count). The number of unbranched alkanes of at least 4 members (excludes halogenated alkanes) is 2. The summed E-state index contributed by atoms with van der Waals surface area (Å²) < 4.78 is 13.1. The highest BCUT2D eigenvalue weighted by Crippen LogP contribution is 2.16. The number of carbonyl (C=O) groups excluding carboxylic acids is 1. The van der Waals surface area contributed by atoms with Crippen LogP contribution in [0.25, 0.3) is 0 Å². The SMILES string of the molecule is CCCCN(CCCC)CC(=O)Nc1ccc(F)c(N)c1. The van der Waals surface area contributed by atoms with Crippen LogP contribution in [0.5, 0.6) is 0 Å². The van der Waals surface area contributed by atoms with Gasteiger partial charge in [-0.2, -0.15) is 0 Å². The number of anilines is 2. The van der Waals surface area contributed by atoms with Crippen LogP contribution >= 0.6 is 0 Å². The molecule has 0 aliphatic rings. The first-order valence-electron chi connectivity index (χ1n) is 7.64. The third-order valence-electron chi connectivity index (χ3n) is 3.30. The van der Waals surface area contributed by atoms with Gasteiger partial charge in [-0.3, -0.25) is 9.69 Å². The van der Waals surface area contributed by atoms with Crippen molar-refractivity contribution in [2.75, 3.05) is 30.7 Å². The Hall–Kier alpha value is -1.62. The molecule has 4 nitrogen and oxygen atoms in total. The lowest BCUT2D eigenvalue weighted by Gasteiger charge is -2.21. The van der Waals surface area contributed by atoms with Crippen molar-refractivity contribution >= 4 is 17.3 Å². The maximum Gasteiger partial charge on any atom is 0.238 e. The molecule has 118 valence electrons. The van der Waals surface area contributed by atoms with Crippen LogP contribution in [-0.4, -0.2) is 30.4 Å². The van der Waals surface area contributed by atoms with Gasteiger partial charge in [0.2, 0.25) is 5.91 Å². The van der Waals surface area contributed by atoms with E-state index in [9.17, 15) is 9.18 Å². The molecule has 0 saturated carbocycles. The Morgan fingerprint density at radius 1 is 1.24 bits per heavy atom. The largest absolute Gasteiger partial charge is 0.396 e. The van der Waals surface area contributed by atoms with Gasteiger partial charge in [0.15, 0.2) is 0 Å². The van der Waals surface area contributed by atoms with E-state index in [4.69, 9.17) is 5.73 Å². The van der Waals surface area contributed by atoms with Crippen LogP contribution in [0.3, 0.4) is 0 Å². The fourth-order valence-electron chi connectivity index (χ4n) is 2.06. The number of hydrogen-bond acceptors (Lipinski definition) is 3. The van der Waals surface area contributed by atoms with Gasteiger partial charge in [-0.1, -0.05) is 26.7 Å². The summed E-state index contributed by atoms with van der Waals surface area (Å²) in [7, 11) is 0. The van der Waals surface area contributed by atoms with E-state index >= 15 is 0 Å². The van der Waals surface area contributed by atoms with Crippen LogP contribution in [0.2, 0.25) is 0 Å². The van der Waals surface area contributed by atoms with Crippen molar-refractivity contribution in [3.63, 3.8) is 0 Å². The monoisotopic (exact) mass is 295 g/mol. The van der Waals surface area contributed by atoms with Gasteiger partial charge in [-0.15, -0.1) is 0 Å². The molecule has 0 fully saturated rings. The number of nitrogens with two attached hydrogens (primary N) is 1. The Labute approximate surface area is 126 Å². The molecule has 1 aromatic carbocycles. The molecule has 0 unspecified atom stereocenters. The highest BCUT2D eigenvalue weighted by atomic mass is 19.1. The Balaban J connectivity index is 2.53. The van der Waals surface area contributed by atoms with Crippen LogP contribution in [0.4, 0.5) is 15.8 Å². The van der Waals surface area contributed by atoms with Crippen LogP contribution in [0, 0.1) is 5.82 Å². The average Bonchev–Trinajstić information content (AvgIpc) is 2.45. The maximum atomic E-state index is 13.1. The molecule has 0 radical (unpaired) electrons. The summed E-state index contributed by atoms with van der Waals surface area (Å²) in [6, 6.07) is 4.22. The molecule has 0 aliphatic carbocycles. The zero-order valence-electron chi connectivity index (χ0n) is 13.0. The molecule has 0 heterocycles. The number of nitrogen functional groups attached to an aromatic ring is 1. The Bertz CT molecular complexity index is 443. The fraction of sp³-hybridized carbons (Fsp3) is 0.562. The number of rotatable bonds is 9. The topological polar surface area (TPSA) is 58.4 Å². The molecule has 5 heteroatoms. The predicted molar refractivity (Wildman–Crippen MR) is 85.7 cm³/mol. The highest BCUT2D eigenvalue weighted by molar-refractivity contribution is 5.92. The van der Waals surface area contributed by atoms with Crippen molar-refractivity contribution < 1.29 is 9.18 Å². The third-order valence-corrected chi connectivity index (χ3v) is 3.30.